The first-order chi connectivity index (χ1) is 14.7. The van der Waals surface area contributed by atoms with Crippen LogP contribution in [-0.2, 0) is 11.3 Å². The van der Waals surface area contributed by atoms with Crippen LogP contribution in [-0.4, -0.2) is 40.4 Å². The molecule has 2 aromatic rings. The molecular weight excluding hydrogens is 378 g/mol. The Hall–Kier alpha value is -2.73. The number of aliphatic imine (C=N–C) groups is 1. The third-order valence-corrected chi connectivity index (χ3v) is 5.79. The molecule has 0 spiro atoms. The first-order valence-electron chi connectivity index (χ1n) is 10.5. The molecule has 0 aliphatic heterocycles. The third-order valence-electron chi connectivity index (χ3n) is 5.79. The van der Waals surface area contributed by atoms with Gasteiger partial charge in [-0.3, -0.25) is 4.99 Å². The summed E-state index contributed by atoms with van der Waals surface area (Å²) in [7, 11) is 5.22. The second-order valence-corrected chi connectivity index (χ2v) is 7.77. The topological polar surface area (TPSA) is 64.1 Å². The van der Waals surface area contributed by atoms with Crippen LogP contribution < -0.4 is 20.1 Å². The van der Waals surface area contributed by atoms with Gasteiger partial charge in [-0.05, 0) is 54.5 Å². The van der Waals surface area contributed by atoms with Crippen molar-refractivity contribution in [3.05, 3.63) is 54.1 Å². The number of nitrogens with one attached hydrogen (secondary N) is 2. The molecule has 1 aliphatic rings. The van der Waals surface area contributed by atoms with E-state index in [9.17, 15) is 0 Å². The summed E-state index contributed by atoms with van der Waals surface area (Å²) in [6.07, 6.45) is 4.92. The van der Waals surface area contributed by atoms with Crippen LogP contribution in [0.1, 0.15) is 31.2 Å². The number of guanidine groups is 1. The predicted molar refractivity (Wildman–Crippen MR) is 120 cm³/mol. The molecule has 1 fully saturated rings. The molecule has 0 aromatic heterocycles. The number of nitrogens with zero attached hydrogens (tertiary/aromatic N) is 1. The number of hydrogen-bond donors (Lipinski definition) is 2. The highest BCUT2D eigenvalue weighted by Crippen LogP contribution is 2.43. The van der Waals surface area contributed by atoms with E-state index in [4.69, 9.17) is 14.2 Å². The SMILES string of the molecule is CN=C(NCc1ccc(Oc2ccccc2OC)cc1)NCC1(CCOC)CCC1. The van der Waals surface area contributed by atoms with Crippen LogP contribution in [0.4, 0.5) is 0 Å². The minimum absolute atomic E-state index is 0.352. The Labute approximate surface area is 179 Å². The first kappa shape index (κ1) is 22.0. The van der Waals surface area contributed by atoms with Crippen molar-refractivity contribution in [1.82, 2.24) is 10.6 Å². The smallest absolute Gasteiger partial charge is 0.191 e. The summed E-state index contributed by atoms with van der Waals surface area (Å²) in [5.41, 5.74) is 1.51. The average molecular weight is 412 g/mol. The standard InChI is InChI=1S/C24H33N3O3/c1-25-23(27-18-24(13-6-14-24)15-16-28-2)26-17-19-9-11-20(12-10-19)30-22-8-5-4-7-21(22)29-3/h4-5,7-12H,6,13-18H2,1-3H3,(H2,25,26,27). The second-order valence-electron chi connectivity index (χ2n) is 7.77. The molecule has 3 rings (SSSR count). The minimum atomic E-state index is 0.352. The summed E-state index contributed by atoms with van der Waals surface area (Å²) < 4.78 is 16.6. The molecule has 2 aromatic carbocycles. The highest BCUT2D eigenvalue weighted by molar-refractivity contribution is 5.79. The average Bonchev–Trinajstić information content (AvgIpc) is 2.76. The van der Waals surface area contributed by atoms with E-state index in [1.54, 1.807) is 14.2 Å². The summed E-state index contributed by atoms with van der Waals surface area (Å²) in [5.74, 6) is 3.02. The number of hydrogen-bond acceptors (Lipinski definition) is 4. The van der Waals surface area contributed by atoms with E-state index in [0.29, 0.717) is 23.5 Å². The Morgan fingerprint density at radius 2 is 1.73 bits per heavy atom. The molecule has 0 radical (unpaired) electrons. The van der Waals surface area contributed by atoms with Crippen molar-refractivity contribution in [3.8, 4) is 17.2 Å². The van der Waals surface area contributed by atoms with Crippen LogP contribution in [0, 0.1) is 5.41 Å². The largest absolute Gasteiger partial charge is 0.493 e. The van der Waals surface area contributed by atoms with Gasteiger partial charge in [-0.1, -0.05) is 30.7 Å². The lowest BCUT2D eigenvalue weighted by Gasteiger charge is -2.42. The fourth-order valence-electron chi connectivity index (χ4n) is 3.69. The van der Waals surface area contributed by atoms with Crippen LogP contribution in [0.2, 0.25) is 0 Å². The number of ether oxygens (including phenoxy) is 3. The maximum absolute atomic E-state index is 5.94. The van der Waals surface area contributed by atoms with Gasteiger partial charge >= 0.3 is 0 Å². The van der Waals surface area contributed by atoms with Gasteiger partial charge in [0.1, 0.15) is 5.75 Å². The lowest BCUT2D eigenvalue weighted by atomic mass is 9.67. The fourth-order valence-corrected chi connectivity index (χ4v) is 3.69. The van der Waals surface area contributed by atoms with Crippen molar-refractivity contribution in [3.63, 3.8) is 0 Å². The summed E-state index contributed by atoms with van der Waals surface area (Å²) >= 11 is 0. The molecule has 0 amide bonds. The molecule has 30 heavy (non-hydrogen) atoms. The lowest BCUT2D eigenvalue weighted by Crippen LogP contribution is -2.46. The van der Waals surface area contributed by atoms with E-state index in [1.807, 2.05) is 43.4 Å². The summed E-state index contributed by atoms with van der Waals surface area (Å²) in [4.78, 5) is 4.36. The molecule has 6 heteroatoms. The number of benzene rings is 2. The highest BCUT2D eigenvalue weighted by Gasteiger charge is 2.36. The molecule has 162 valence electrons. The van der Waals surface area contributed by atoms with Gasteiger partial charge < -0.3 is 24.8 Å². The van der Waals surface area contributed by atoms with Crippen LogP contribution in [0.5, 0.6) is 17.2 Å². The van der Waals surface area contributed by atoms with Crippen LogP contribution in [0.25, 0.3) is 0 Å². The van der Waals surface area contributed by atoms with E-state index in [1.165, 1.54) is 19.3 Å². The van der Waals surface area contributed by atoms with Gasteiger partial charge in [0.05, 0.1) is 7.11 Å². The Balaban J connectivity index is 1.49. The monoisotopic (exact) mass is 411 g/mol. The van der Waals surface area contributed by atoms with Gasteiger partial charge in [0, 0.05) is 33.9 Å². The van der Waals surface area contributed by atoms with E-state index >= 15 is 0 Å². The van der Waals surface area contributed by atoms with E-state index in [2.05, 4.69) is 27.8 Å². The van der Waals surface area contributed by atoms with E-state index in [0.717, 1.165) is 36.8 Å². The van der Waals surface area contributed by atoms with Crippen LogP contribution in [0.15, 0.2) is 53.5 Å². The van der Waals surface area contributed by atoms with E-state index < -0.39 is 0 Å². The van der Waals surface area contributed by atoms with Gasteiger partial charge in [-0.15, -0.1) is 0 Å². The van der Waals surface area contributed by atoms with Crippen molar-refractivity contribution in [1.29, 1.82) is 0 Å². The Bertz CT molecular complexity index is 817. The number of rotatable bonds is 10. The van der Waals surface area contributed by atoms with Crippen molar-refractivity contribution in [2.75, 3.05) is 34.4 Å². The molecule has 0 unspecified atom stereocenters. The first-order valence-corrected chi connectivity index (χ1v) is 10.5. The molecule has 0 atom stereocenters. The van der Waals surface area contributed by atoms with Crippen molar-refractivity contribution < 1.29 is 14.2 Å². The third kappa shape index (κ3) is 5.89. The lowest BCUT2D eigenvalue weighted by molar-refractivity contribution is 0.0732. The summed E-state index contributed by atoms with van der Waals surface area (Å²) in [6.45, 7) is 2.44. The maximum atomic E-state index is 5.94. The quantitative estimate of drug-likeness (QED) is 0.449. The molecule has 2 N–H and O–H groups in total. The Kier molecular flexibility index (Phi) is 7.97. The minimum Gasteiger partial charge on any atom is -0.493 e. The zero-order valence-corrected chi connectivity index (χ0v) is 18.2. The highest BCUT2D eigenvalue weighted by atomic mass is 16.5. The summed E-state index contributed by atoms with van der Waals surface area (Å²) in [6, 6.07) is 15.7. The predicted octanol–water partition coefficient (Wildman–Crippen LogP) is 4.36. The molecule has 6 nitrogen and oxygen atoms in total. The molecule has 0 heterocycles. The number of methoxy groups -OCH3 is 2. The number of para-hydroxylation sites is 2. The van der Waals surface area contributed by atoms with Gasteiger partial charge in [-0.2, -0.15) is 0 Å². The van der Waals surface area contributed by atoms with Gasteiger partial charge in [0.25, 0.3) is 0 Å². The summed E-state index contributed by atoms with van der Waals surface area (Å²) in [5, 5.41) is 6.89. The van der Waals surface area contributed by atoms with Gasteiger partial charge in [0.2, 0.25) is 0 Å². The van der Waals surface area contributed by atoms with Crippen molar-refractivity contribution in [2.24, 2.45) is 10.4 Å². The van der Waals surface area contributed by atoms with E-state index in [-0.39, 0.29) is 0 Å². The molecule has 0 saturated heterocycles. The fraction of sp³-hybridized carbons (Fsp3) is 0.458. The van der Waals surface area contributed by atoms with Crippen LogP contribution in [0.3, 0.4) is 0 Å². The Morgan fingerprint density at radius 1 is 1.00 bits per heavy atom. The molecular formula is C24H33N3O3. The zero-order valence-electron chi connectivity index (χ0n) is 18.2. The molecule has 0 bridgehead atoms. The van der Waals surface area contributed by atoms with Gasteiger partial charge in [-0.25, -0.2) is 0 Å². The Morgan fingerprint density at radius 3 is 2.33 bits per heavy atom. The van der Waals surface area contributed by atoms with Crippen molar-refractivity contribution in [2.45, 2.75) is 32.2 Å². The maximum Gasteiger partial charge on any atom is 0.191 e. The zero-order chi connectivity index (χ0) is 21.2. The molecule has 1 saturated carbocycles. The van der Waals surface area contributed by atoms with Crippen LogP contribution >= 0.6 is 0 Å². The van der Waals surface area contributed by atoms with Crippen molar-refractivity contribution >= 4 is 5.96 Å². The normalized spacial score (nSPS) is 15.2. The molecule has 1 aliphatic carbocycles. The second kappa shape index (κ2) is 10.9. The van der Waals surface area contributed by atoms with Gasteiger partial charge in [0.15, 0.2) is 17.5 Å².